The molecule has 1 heterocycles. The van der Waals surface area contributed by atoms with Crippen molar-refractivity contribution >= 4 is 15.7 Å². The highest BCUT2D eigenvalue weighted by molar-refractivity contribution is 7.89. The van der Waals surface area contributed by atoms with Crippen molar-refractivity contribution in [2.24, 2.45) is 0 Å². The predicted octanol–water partition coefficient (Wildman–Crippen LogP) is 2.22. The van der Waals surface area contributed by atoms with Crippen LogP contribution in [0.5, 0.6) is 0 Å². The van der Waals surface area contributed by atoms with E-state index in [1.165, 1.54) is 12.1 Å². The van der Waals surface area contributed by atoms with Crippen LogP contribution in [0.25, 0.3) is 0 Å². The molecule has 2 rings (SSSR count). The van der Waals surface area contributed by atoms with Crippen LogP contribution in [0.3, 0.4) is 0 Å². The van der Waals surface area contributed by atoms with Crippen molar-refractivity contribution in [3.8, 4) is 0 Å². The number of aryl methyl sites for hydroxylation is 3. The first-order chi connectivity index (χ1) is 9.72. The van der Waals surface area contributed by atoms with E-state index in [9.17, 15) is 8.42 Å². The lowest BCUT2D eigenvalue weighted by molar-refractivity contribution is 0.391. The van der Waals surface area contributed by atoms with Crippen LogP contribution in [0.2, 0.25) is 0 Å². The molecule has 0 saturated heterocycles. The maximum Gasteiger partial charge on any atom is 0.241 e. The van der Waals surface area contributed by atoms with Crippen molar-refractivity contribution < 1.29 is 12.9 Å². The van der Waals surface area contributed by atoms with Gasteiger partial charge in [0.2, 0.25) is 10.0 Å². The second-order valence-corrected chi connectivity index (χ2v) is 6.81. The number of nitrogen functional groups attached to an aromatic ring is 1. The molecule has 1 unspecified atom stereocenters. The summed E-state index contributed by atoms with van der Waals surface area (Å²) in [6, 6.07) is 4.24. The molecule has 3 N–H and O–H groups in total. The molecular formula is C14H19N3O3S. The Hall–Kier alpha value is -1.86. The Bertz CT molecular complexity index is 746. The number of rotatable bonds is 4. The quantitative estimate of drug-likeness (QED) is 0.844. The van der Waals surface area contributed by atoms with E-state index in [0.717, 1.165) is 11.1 Å². The second-order valence-electron chi connectivity index (χ2n) is 5.10. The Balaban J connectivity index is 2.31. The van der Waals surface area contributed by atoms with Crippen LogP contribution in [0.15, 0.2) is 27.6 Å². The van der Waals surface area contributed by atoms with Gasteiger partial charge in [-0.2, -0.15) is 0 Å². The van der Waals surface area contributed by atoms with Crippen molar-refractivity contribution in [3.05, 3.63) is 40.8 Å². The van der Waals surface area contributed by atoms with Crippen molar-refractivity contribution in [1.29, 1.82) is 0 Å². The topological polar surface area (TPSA) is 98.2 Å². The van der Waals surface area contributed by atoms with Crippen molar-refractivity contribution in [2.75, 3.05) is 5.73 Å². The van der Waals surface area contributed by atoms with E-state index in [4.69, 9.17) is 10.3 Å². The molecule has 7 heteroatoms. The molecule has 0 spiro atoms. The van der Waals surface area contributed by atoms with Gasteiger partial charge in [-0.3, -0.25) is 0 Å². The molecule has 21 heavy (non-hydrogen) atoms. The zero-order valence-corrected chi connectivity index (χ0v) is 13.3. The number of nitrogens with zero attached hydrogens (tertiary/aromatic N) is 1. The number of nitrogens with one attached hydrogen (secondary N) is 1. The fourth-order valence-corrected chi connectivity index (χ4v) is 3.50. The van der Waals surface area contributed by atoms with Crippen LogP contribution < -0.4 is 10.5 Å². The van der Waals surface area contributed by atoms with Crippen LogP contribution in [0.1, 0.15) is 35.5 Å². The average molecular weight is 309 g/mol. The molecule has 0 fully saturated rings. The van der Waals surface area contributed by atoms with Crippen LogP contribution in [-0.4, -0.2) is 13.6 Å². The average Bonchev–Trinajstić information content (AvgIpc) is 2.71. The highest BCUT2D eigenvalue weighted by Gasteiger charge is 2.23. The number of hydrogen-bond acceptors (Lipinski definition) is 5. The van der Waals surface area contributed by atoms with E-state index in [1.54, 1.807) is 26.8 Å². The highest BCUT2D eigenvalue weighted by Crippen LogP contribution is 2.24. The van der Waals surface area contributed by atoms with Crippen molar-refractivity contribution in [3.63, 3.8) is 0 Å². The molecule has 1 aromatic heterocycles. The Morgan fingerprint density at radius 2 is 1.95 bits per heavy atom. The third-order valence-electron chi connectivity index (χ3n) is 3.41. The molecule has 0 saturated carbocycles. The summed E-state index contributed by atoms with van der Waals surface area (Å²) in [7, 11) is -3.66. The summed E-state index contributed by atoms with van der Waals surface area (Å²) in [6.07, 6.45) is 0. The van der Waals surface area contributed by atoms with E-state index in [-0.39, 0.29) is 4.90 Å². The lowest BCUT2D eigenvalue weighted by atomic mass is 10.1. The lowest BCUT2D eigenvalue weighted by Gasteiger charge is -2.14. The highest BCUT2D eigenvalue weighted by atomic mass is 32.2. The summed E-state index contributed by atoms with van der Waals surface area (Å²) >= 11 is 0. The summed E-state index contributed by atoms with van der Waals surface area (Å²) in [5.74, 6) is 0.603. The lowest BCUT2D eigenvalue weighted by Crippen LogP contribution is -2.27. The largest absolute Gasteiger partial charge is 0.398 e. The summed E-state index contributed by atoms with van der Waals surface area (Å²) < 4.78 is 32.5. The maximum atomic E-state index is 12.4. The normalized spacial score (nSPS) is 13.3. The summed E-state index contributed by atoms with van der Waals surface area (Å²) in [6.45, 7) is 7.11. The zero-order chi connectivity index (χ0) is 15.8. The summed E-state index contributed by atoms with van der Waals surface area (Å²) in [5, 5.41) is 3.84. The van der Waals surface area contributed by atoms with E-state index >= 15 is 0 Å². The van der Waals surface area contributed by atoms with Gasteiger partial charge in [0.05, 0.1) is 10.6 Å². The maximum absolute atomic E-state index is 12.4. The van der Waals surface area contributed by atoms with Gasteiger partial charge in [-0.05, 0) is 45.4 Å². The third-order valence-corrected chi connectivity index (χ3v) is 4.95. The number of benzene rings is 1. The first-order valence-corrected chi connectivity index (χ1v) is 8.02. The monoisotopic (exact) mass is 309 g/mol. The SMILES string of the molecule is Cc1ccc(S(=O)(=O)NC(C)c2c(C)noc2C)cc1N. The van der Waals surface area contributed by atoms with E-state index in [2.05, 4.69) is 9.88 Å². The van der Waals surface area contributed by atoms with E-state index in [0.29, 0.717) is 17.1 Å². The summed E-state index contributed by atoms with van der Waals surface area (Å²) in [5.41, 5.74) is 8.48. The number of aromatic nitrogens is 1. The summed E-state index contributed by atoms with van der Waals surface area (Å²) in [4.78, 5) is 0.143. The molecule has 0 amide bonds. The van der Waals surface area contributed by atoms with Gasteiger partial charge in [0.1, 0.15) is 5.76 Å². The standard InChI is InChI=1S/C14H19N3O3S/c1-8-5-6-12(7-13(8)15)21(18,19)17-10(3)14-9(2)16-20-11(14)4/h5-7,10,17H,15H2,1-4H3. The minimum Gasteiger partial charge on any atom is -0.398 e. The number of nitrogens with two attached hydrogens (primary N) is 1. The van der Waals surface area contributed by atoms with Gasteiger partial charge in [0, 0.05) is 17.3 Å². The van der Waals surface area contributed by atoms with Gasteiger partial charge in [0.15, 0.2) is 0 Å². The Kier molecular flexibility index (Phi) is 4.06. The number of anilines is 1. The van der Waals surface area contributed by atoms with Gasteiger partial charge < -0.3 is 10.3 Å². The van der Waals surface area contributed by atoms with Gasteiger partial charge >= 0.3 is 0 Å². The van der Waals surface area contributed by atoms with Gasteiger partial charge in [0.25, 0.3) is 0 Å². The zero-order valence-electron chi connectivity index (χ0n) is 12.5. The van der Waals surface area contributed by atoms with Gasteiger partial charge in [-0.1, -0.05) is 11.2 Å². The molecule has 114 valence electrons. The van der Waals surface area contributed by atoms with Gasteiger partial charge in [-0.25, -0.2) is 13.1 Å². The van der Waals surface area contributed by atoms with Crippen LogP contribution in [0, 0.1) is 20.8 Å². The molecular weight excluding hydrogens is 290 g/mol. The fraction of sp³-hybridized carbons (Fsp3) is 0.357. The minimum atomic E-state index is -3.66. The van der Waals surface area contributed by atoms with Crippen molar-refractivity contribution in [2.45, 2.75) is 38.6 Å². The molecule has 0 radical (unpaired) electrons. The molecule has 0 bridgehead atoms. The minimum absolute atomic E-state index is 0.143. The number of sulfonamides is 1. The predicted molar refractivity (Wildman–Crippen MR) is 80.3 cm³/mol. The Morgan fingerprint density at radius 3 is 2.48 bits per heavy atom. The molecule has 6 nitrogen and oxygen atoms in total. The van der Waals surface area contributed by atoms with E-state index < -0.39 is 16.1 Å². The van der Waals surface area contributed by atoms with Crippen LogP contribution in [0.4, 0.5) is 5.69 Å². The Morgan fingerprint density at radius 1 is 1.29 bits per heavy atom. The first kappa shape index (κ1) is 15.5. The van der Waals surface area contributed by atoms with E-state index in [1.807, 2.05) is 6.92 Å². The molecule has 0 aliphatic rings. The number of hydrogen-bond donors (Lipinski definition) is 2. The smallest absolute Gasteiger partial charge is 0.241 e. The molecule has 0 aliphatic heterocycles. The first-order valence-electron chi connectivity index (χ1n) is 6.53. The van der Waals surface area contributed by atoms with Gasteiger partial charge in [-0.15, -0.1) is 0 Å². The molecule has 1 atom stereocenters. The van der Waals surface area contributed by atoms with Crippen LogP contribution >= 0.6 is 0 Å². The molecule has 0 aliphatic carbocycles. The Labute approximate surface area is 124 Å². The third kappa shape index (κ3) is 3.08. The van der Waals surface area contributed by atoms with Crippen LogP contribution in [-0.2, 0) is 10.0 Å². The molecule has 2 aromatic rings. The van der Waals surface area contributed by atoms with Crippen molar-refractivity contribution in [1.82, 2.24) is 9.88 Å². The second kappa shape index (κ2) is 5.50. The fourth-order valence-electron chi connectivity index (χ4n) is 2.25. The molecule has 1 aromatic carbocycles.